The molecule has 35 heavy (non-hydrogen) atoms. The van der Waals surface area contributed by atoms with Gasteiger partial charge in [0.05, 0.1) is 19.1 Å². The zero-order valence-electron chi connectivity index (χ0n) is 19.3. The van der Waals surface area contributed by atoms with Crippen molar-refractivity contribution in [3.63, 3.8) is 0 Å². The number of carbonyl (C=O) groups is 5. The van der Waals surface area contributed by atoms with Crippen LogP contribution in [0.3, 0.4) is 0 Å². The van der Waals surface area contributed by atoms with Crippen LogP contribution in [-0.4, -0.2) is 94.8 Å². The highest BCUT2D eigenvalue weighted by Crippen LogP contribution is 2.05. The predicted octanol–water partition coefficient (Wildman–Crippen LogP) is -4.50. The number of aliphatic carboxylic acids is 2. The zero-order chi connectivity index (χ0) is 27.0. The number of nitrogens with two attached hydrogens (primary N) is 4. The number of aliphatic hydroxyl groups is 1. The Balaban J connectivity index is 5.35. The van der Waals surface area contributed by atoms with Crippen LogP contribution in [0, 0.1) is 0 Å². The molecular formula is C19H36N8O8. The number of amides is 3. The molecule has 200 valence electrons. The molecule has 16 nitrogen and oxygen atoms in total. The van der Waals surface area contributed by atoms with Crippen molar-refractivity contribution in [2.24, 2.45) is 27.9 Å². The third kappa shape index (κ3) is 13.7. The van der Waals surface area contributed by atoms with E-state index in [1.54, 1.807) is 0 Å². The van der Waals surface area contributed by atoms with E-state index in [2.05, 4.69) is 15.6 Å². The molecule has 0 saturated carbocycles. The Hall–Kier alpha value is -3.50. The molecule has 0 aliphatic heterocycles. The van der Waals surface area contributed by atoms with Gasteiger partial charge < -0.3 is 54.2 Å². The van der Waals surface area contributed by atoms with Crippen LogP contribution in [0.5, 0.6) is 0 Å². The van der Waals surface area contributed by atoms with E-state index < -0.39 is 66.9 Å². The topological polar surface area (TPSA) is 299 Å². The van der Waals surface area contributed by atoms with E-state index >= 15 is 0 Å². The standard InChI is InChI=1S/C19H36N8O8/c20-6-2-1-5-11(25-15(31)10(21)4-3-7-24-19(22)23)16(32)26-12(8-14(29)30)17(33)27-13(9-28)18(34)35/h10-13,28H,1-9,20-21H2,(H,25,31)(H,26,32)(H,27,33)(H,29,30)(H,34,35)(H4,22,23,24). The van der Waals surface area contributed by atoms with Gasteiger partial charge in [0, 0.05) is 6.54 Å². The van der Waals surface area contributed by atoms with E-state index in [1.165, 1.54) is 0 Å². The maximum absolute atomic E-state index is 12.8. The second-order valence-corrected chi connectivity index (χ2v) is 7.64. The van der Waals surface area contributed by atoms with Gasteiger partial charge in [-0.2, -0.15) is 0 Å². The van der Waals surface area contributed by atoms with Crippen LogP contribution in [0.4, 0.5) is 0 Å². The van der Waals surface area contributed by atoms with Gasteiger partial charge in [-0.25, -0.2) is 4.79 Å². The molecule has 0 heterocycles. The lowest BCUT2D eigenvalue weighted by Crippen LogP contribution is -2.57. The van der Waals surface area contributed by atoms with Gasteiger partial charge >= 0.3 is 11.9 Å². The first-order chi connectivity index (χ1) is 16.4. The van der Waals surface area contributed by atoms with Crippen molar-refractivity contribution in [2.75, 3.05) is 19.7 Å². The number of hydrogen-bond acceptors (Lipinski definition) is 9. The maximum Gasteiger partial charge on any atom is 0.328 e. The summed E-state index contributed by atoms with van der Waals surface area (Å²) in [7, 11) is 0. The number of hydrogen-bond donors (Lipinski definition) is 10. The minimum Gasteiger partial charge on any atom is -0.481 e. The third-order valence-corrected chi connectivity index (χ3v) is 4.69. The van der Waals surface area contributed by atoms with Crippen molar-refractivity contribution >= 4 is 35.6 Å². The molecule has 0 aliphatic rings. The lowest BCUT2D eigenvalue weighted by molar-refractivity contribution is -0.144. The molecule has 14 N–H and O–H groups in total. The summed E-state index contributed by atoms with van der Waals surface area (Å²) in [4.78, 5) is 63.7. The van der Waals surface area contributed by atoms with E-state index in [1.807, 2.05) is 5.32 Å². The average Bonchev–Trinajstić information content (AvgIpc) is 2.77. The lowest BCUT2D eigenvalue weighted by atomic mass is 10.1. The Labute approximate surface area is 201 Å². The van der Waals surface area contributed by atoms with Crippen LogP contribution in [-0.2, 0) is 24.0 Å². The average molecular weight is 505 g/mol. The van der Waals surface area contributed by atoms with Gasteiger partial charge in [-0.15, -0.1) is 0 Å². The fraction of sp³-hybridized carbons (Fsp3) is 0.684. The van der Waals surface area contributed by atoms with E-state index in [0.29, 0.717) is 25.8 Å². The summed E-state index contributed by atoms with van der Waals surface area (Å²) in [6.45, 7) is -0.372. The van der Waals surface area contributed by atoms with Crippen molar-refractivity contribution in [3.8, 4) is 0 Å². The molecule has 0 fully saturated rings. The molecule has 3 amide bonds. The number of nitrogens with zero attached hydrogens (tertiary/aromatic N) is 1. The molecular weight excluding hydrogens is 468 g/mol. The quantitative estimate of drug-likeness (QED) is 0.0480. The second-order valence-electron chi connectivity index (χ2n) is 7.64. The Kier molecular flexibility index (Phi) is 15.3. The molecule has 0 bridgehead atoms. The molecule has 0 spiro atoms. The first-order valence-corrected chi connectivity index (χ1v) is 10.9. The number of carbonyl (C=O) groups excluding carboxylic acids is 3. The molecule has 0 aromatic carbocycles. The fourth-order valence-electron chi connectivity index (χ4n) is 2.80. The van der Waals surface area contributed by atoms with Crippen molar-refractivity contribution in [3.05, 3.63) is 0 Å². The Morgan fingerprint density at radius 3 is 1.89 bits per heavy atom. The SMILES string of the molecule is NCCCCC(NC(=O)C(N)CCCN=C(N)N)C(=O)NC(CC(=O)O)C(=O)NC(CO)C(=O)O. The highest BCUT2D eigenvalue weighted by atomic mass is 16.4. The van der Waals surface area contributed by atoms with Crippen LogP contribution in [0.1, 0.15) is 38.5 Å². The summed E-state index contributed by atoms with van der Waals surface area (Å²) in [5.41, 5.74) is 21.8. The van der Waals surface area contributed by atoms with Gasteiger partial charge in [0.25, 0.3) is 0 Å². The zero-order valence-corrected chi connectivity index (χ0v) is 19.3. The van der Waals surface area contributed by atoms with Crippen LogP contribution >= 0.6 is 0 Å². The van der Waals surface area contributed by atoms with Crippen molar-refractivity contribution < 1.29 is 39.3 Å². The molecule has 16 heteroatoms. The number of aliphatic hydroxyl groups excluding tert-OH is 1. The van der Waals surface area contributed by atoms with Gasteiger partial charge in [0.15, 0.2) is 5.96 Å². The summed E-state index contributed by atoms with van der Waals surface area (Å²) in [6, 6.07) is -5.54. The second kappa shape index (κ2) is 17.0. The molecule has 0 aromatic heterocycles. The van der Waals surface area contributed by atoms with Crippen LogP contribution in [0.15, 0.2) is 4.99 Å². The van der Waals surface area contributed by atoms with Gasteiger partial charge in [0.2, 0.25) is 17.7 Å². The number of carboxylic acid groups (broad SMARTS) is 2. The maximum atomic E-state index is 12.8. The summed E-state index contributed by atoms with van der Waals surface area (Å²) >= 11 is 0. The van der Waals surface area contributed by atoms with Gasteiger partial charge in [-0.3, -0.25) is 24.2 Å². The smallest absolute Gasteiger partial charge is 0.328 e. The monoisotopic (exact) mass is 504 g/mol. The van der Waals surface area contributed by atoms with Crippen molar-refractivity contribution in [2.45, 2.75) is 62.7 Å². The molecule has 0 aliphatic carbocycles. The van der Waals surface area contributed by atoms with E-state index in [4.69, 9.17) is 38.3 Å². The fourth-order valence-corrected chi connectivity index (χ4v) is 2.80. The number of unbranched alkanes of at least 4 members (excludes halogenated alkanes) is 1. The van der Waals surface area contributed by atoms with E-state index in [9.17, 15) is 24.0 Å². The van der Waals surface area contributed by atoms with Gasteiger partial charge in [-0.1, -0.05) is 0 Å². The van der Waals surface area contributed by atoms with Gasteiger partial charge in [0.1, 0.15) is 18.1 Å². The molecule has 0 saturated heterocycles. The third-order valence-electron chi connectivity index (χ3n) is 4.69. The summed E-state index contributed by atoms with van der Waals surface area (Å²) in [5.74, 6) is -5.78. The Bertz CT molecular complexity index is 759. The lowest BCUT2D eigenvalue weighted by Gasteiger charge is -2.24. The number of carboxylic acids is 2. The molecule has 0 rings (SSSR count). The van der Waals surface area contributed by atoms with E-state index in [0.717, 1.165) is 0 Å². The minimum atomic E-state index is -1.70. The number of rotatable bonds is 18. The minimum absolute atomic E-state index is 0.103. The van der Waals surface area contributed by atoms with Crippen LogP contribution in [0.2, 0.25) is 0 Å². The summed E-state index contributed by atoms with van der Waals surface area (Å²) < 4.78 is 0. The number of aliphatic imine (C=N–C) groups is 1. The Morgan fingerprint density at radius 2 is 1.37 bits per heavy atom. The van der Waals surface area contributed by atoms with Crippen LogP contribution in [0.25, 0.3) is 0 Å². The molecule has 4 unspecified atom stereocenters. The molecule has 0 radical (unpaired) electrons. The highest BCUT2D eigenvalue weighted by molar-refractivity contribution is 5.95. The van der Waals surface area contributed by atoms with E-state index in [-0.39, 0.29) is 25.3 Å². The first-order valence-electron chi connectivity index (χ1n) is 10.9. The summed E-state index contributed by atoms with van der Waals surface area (Å²) in [5, 5.41) is 33.8. The van der Waals surface area contributed by atoms with Crippen molar-refractivity contribution in [1.29, 1.82) is 0 Å². The summed E-state index contributed by atoms with van der Waals surface area (Å²) in [6.07, 6.45) is 0.805. The first kappa shape index (κ1) is 31.5. The molecule has 0 aromatic rings. The Morgan fingerprint density at radius 1 is 0.800 bits per heavy atom. The van der Waals surface area contributed by atoms with Crippen LogP contribution < -0.4 is 38.9 Å². The highest BCUT2D eigenvalue weighted by Gasteiger charge is 2.31. The number of nitrogens with one attached hydrogen (secondary N) is 3. The van der Waals surface area contributed by atoms with Crippen molar-refractivity contribution in [1.82, 2.24) is 16.0 Å². The molecule has 4 atom stereocenters. The largest absolute Gasteiger partial charge is 0.481 e. The number of guanidine groups is 1. The van der Waals surface area contributed by atoms with Gasteiger partial charge in [-0.05, 0) is 38.6 Å². The normalized spacial score (nSPS) is 14.0. The predicted molar refractivity (Wildman–Crippen MR) is 124 cm³/mol.